The molecule has 0 aliphatic carbocycles. The molecule has 0 radical (unpaired) electrons. The molecule has 3 atom stereocenters. The second-order valence-corrected chi connectivity index (χ2v) is 5.33. The molecule has 9 heteroatoms. The number of alkyl halides is 6. The zero-order chi connectivity index (χ0) is 15.3. The summed E-state index contributed by atoms with van der Waals surface area (Å²) >= 11 is 0. The number of rotatable bonds is 1. The fraction of sp³-hybridized carbons (Fsp3) is 0.909. The summed E-state index contributed by atoms with van der Waals surface area (Å²) in [6.45, 7) is 2.47. The Morgan fingerprint density at radius 1 is 1.15 bits per heavy atom. The highest BCUT2D eigenvalue weighted by Gasteiger charge is 2.63. The molecule has 3 nitrogen and oxygen atoms in total. The SMILES string of the molecule is CC1C2CNCC2CN1C(=O)C(C(F)(F)F)C(F)(F)F. The summed E-state index contributed by atoms with van der Waals surface area (Å²) in [7, 11) is 0. The van der Waals surface area contributed by atoms with Crippen molar-refractivity contribution in [3.05, 3.63) is 0 Å². The number of nitrogens with zero attached hydrogens (tertiary/aromatic N) is 1. The minimum atomic E-state index is -5.62. The lowest BCUT2D eigenvalue weighted by Crippen LogP contribution is -2.51. The van der Waals surface area contributed by atoms with Crippen LogP contribution in [0.5, 0.6) is 0 Å². The molecule has 1 N–H and O–H groups in total. The van der Waals surface area contributed by atoms with Gasteiger partial charge < -0.3 is 10.2 Å². The van der Waals surface area contributed by atoms with Gasteiger partial charge in [0.25, 0.3) is 0 Å². The fourth-order valence-electron chi connectivity index (χ4n) is 3.09. The smallest absolute Gasteiger partial charge is 0.338 e. The first-order valence-electron chi connectivity index (χ1n) is 6.18. The minimum absolute atomic E-state index is 0.0552. The summed E-state index contributed by atoms with van der Waals surface area (Å²) in [6.07, 6.45) is -11.2. The van der Waals surface area contributed by atoms with Gasteiger partial charge in [-0.1, -0.05) is 0 Å². The molecular weight excluding hydrogens is 290 g/mol. The molecule has 0 saturated carbocycles. The lowest BCUT2D eigenvalue weighted by molar-refractivity contribution is -0.277. The van der Waals surface area contributed by atoms with Crippen LogP contribution in [0.1, 0.15) is 6.92 Å². The number of hydrogen-bond acceptors (Lipinski definition) is 2. The third-order valence-electron chi connectivity index (χ3n) is 4.12. The zero-order valence-corrected chi connectivity index (χ0v) is 10.6. The lowest BCUT2D eigenvalue weighted by Gasteiger charge is -2.30. The molecule has 2 saturated heterocycles. The van der Waals surface area contributed by atoms with E-state index in [2.05, 4.69) is 5.32 Å². The van der Waals surface area contributed by atoms with E-state index in [0.717, 1.165) is 4.90 Å². The van der Waals surface area contributed by atoms with E-state index in [-0.39, 0.29) is 18.4 Å². The predicted molar refractivity (Wildman–Crippen MR) is 56.6 cm³/mol. The minimum Gasteiger partial charge on any atom is -0.338 e. The van der Waals surface area contributed by atoms with Crippen LogP contribution in [-0.4, -0.2) is 48.8 Å². The van der Waals surface area contributed by atoms with Crippen LogP contribution in [0, 0.1) is 17.8 Å². The molecule has 2 heterocycles. The van der Waals surface area contributed by atoms with Crippen LogP contribution in [0.2, 0.25) is 0 Å². The van der Waals surface area contributed by atoms with E-state index in [9.17, 15) is 31.1 Å². The Morgan fingerprint density at radius 2 is 1.70 bits per heavy atom. The predicted octanol–water partition coefficient (Wildman–Crippen LogP) is 1.79. The van der Waals surface area contributed by atoms with Gasteiger partial charge >= 0.3 is 12.4 Å². The number of carbonyl (C=O) groups is 1. The summed E-state index contributed by atoms with van der Waals surface area (Å²) in [5.74, 6) is -5.96. The fourth-order valence-corrected chi connectivity index (χ4v) is 3.09. The quantitative estimate of drug-likeness (QED) is 0.749. The van der Waals surface area contributed by atoms with Crippen LogP contribution in [0.15, 0.2) is 0 Å². The molecule has 2 aliphatic heterocycles. The van der Waals surface area contributed by atoms with Gasteiger partial charge in [-0.15, -0.1) is 0 Å². The molecule has 0 aromatic heterocycles. The van der Waals surface area contributed by atoms with Crippen molar-refractivity contribution in [3.8, 4) is 0 Å². The number of amides is 1. The largest absolute Gasteiger partial charge is 0.409 e. The molecule has 0 bridgehead atoms. The summed E-state index contributed by atoms with van der Waals surface area (Å²) in [6, 6.07) is -0.616. The van der Waals surface area contributed by atoms with Gasteiger partial charge in [0.2, 0.25) is 11.8 Å². The van der Waals surface area contributed by atoms with Gasteiger partial charge in [0.05, 0.1) is 0 Å². The van der Waals surface area contributed by atoms with Crippen molar-refractivity contribution in [1.29, 1.82) is 0 Å². The van der Waals surface area contributed by atoms with Crippen LogP contribution in [0.3, 0.4) is 0 Å². The third-order valence-corrected chi connectivity index (χ3v) is 4.12. The molecule has 0 aromatic rings. The third kappa shape index (κ3) is 2.59. The summed E-state index contributed by atoms with van der Waals surface area (Å²) in [5.41, 5.74) is 0. The van der Waals surface area contributed by atoms with Crippen LogP contribution in [0.25, 0.3) is 0 Å². The van der Waals surface area contributed by atoms with E-state index < -0.39 is 30.2 Å². The summed E-state index contributed by atoms with van der Waals surface area (Å²) in [5, 5.41) is 3.02. The van der Waals surface area contributed by atoms with Crippen LogP contribution < -0.4 is 5.32 Å². The second kappa shape index (κ2) is 4.78. The molecule has 116 valence electrons. The van der Waals surface area contributed by atoms with Crippen molar-refractivity contribution < 1.29 is 31.1 Å². The van der Waals surface area contributed by atoms with Crippen LogP contribution in [0.4, 0.5) is 26.3 Å². The van der Waals surface area contributed by atoms with E-state index >= 15 is 0 Å². The standard InChI is InChI=1S/C11H14F6N2O/c1-5-7-3-18-2-6(7)4-19(5)9(20)8(10(12,13)14)11(15,16)17/h5-8,18H,2-4H2,1H3. The second-order valence-electron chi connectivity index (χ2n) is 5.33. The maximum atomic E-state index is 12.6. The lowest BCUT2D eigenvalue weighted by atomic mass is 9.95. The van der Waals surface area contributed by atoms with Crippen LogP contribution in [-0.2, 0) is 4.79 Å². The van der Waals surface area contributed by atoms with E-state index in [0.29, 0.717) is 13.1 Å². The first-order chi connectivity index (χ1) is 9.03. The molecule has 20 heavy (non-hydrogen) atoms. The van der Waals surface area contributed by atoms with Gasteiger partial charge in [0.15, 0.2) is 0 Å². The Kier molecular flexibility index (Phi) is 3.68. The molecule has 0 spiro atoms. The average molecular weight is 304 g/mol. The van der Waals surface area contributed by atoms with Crippen molar-refractivity contribution >= 4 is 5.91 Å². The van der Waals surface area contributed by atoms with E-state index in [1.54, 1.807) is 0 Å². The van der Waals surface area contributed by atoms with E-state index in [1.165, 1.54) is 6.92 Å². The van der Waals surface area contributed by atoms with E-state index in [4.69, 9.17) is 0 Å². The molecular formula is C11H14F6N2O. The van der Waals surface area contributed by atoms with Crippen LogP contribution >= 0.6 is 0 Å². The van der Waals surface area contributed by atoms with Gasteiger partial charge in [-0.25, -0.2) is 0 Å². The molecule has 2 aliphatic rings. The number of halogens is 6. The topological polar surface area (TPSA) is 32.3 Å². The highest BCUT2D eigenvalue weighted by atomic mass is 19.4. The highest BCUT2D eigenvalue weighted by Crippen LogP contribution is 2.43. The Hall–Kier alpha value is -0.990. The normalized spacial score (nSPS) is 31.0. The first-order valence-corrected chi connectivity index (χ1v) is 6.18. The van der Waals surface area contributed by atoms with Crippen molar-refractivity contribution in [2.24, 2.45) is 17.8 Å². The Balaban J connectivity index is 2.21. The first kappa shape index (κ1) is 15.4. The Bertz CT molecular complexity index is 379. The molecule has 2 rings (SSSR count). The van der Waals surface area contributed by atoms with Gasteiger partial charge in [0.1, 0.15) is 0 Å². The molecule has 1 amide bonds. The molecule has 3 unspecified atom stereocenters. The number of nitrogens with one attached hydrogen (secondary N) is 1. The number of hydrogen-bond donors (Lipinski definition) is 1. The van der Waals surface area contributed by atoms with Crippen molar-refractivity contribution in [2.45, 2.75) is 25.3 Å². The van der Waals surface area contributed by atoms with Gasteiger partial charge in [-0.2, -0.15) is 26.3 Å². The number of likely N-dealkylation sites (tertiary alicyclic amines) is 1. The van der Waals surface area contributed by atoms with Gasteiger partial charge in [0, 0.05) is 25.7 Å². The molecule has 2 fully saturated rings. The van der Waals surface area contributed by atoms with Gasteiger partial charge in [-0.3, -0.25) is 4.79 Å². The van der Waals surface area contributed by atoms with Crippen molar-refractivity contribution in [3.63, 3.8) is 0 Å². The monoisotopic (exact) mass is 304 g/mol. The average Bonchev–Trinajstić information content (AvgIpc) is 2.77. The number of fused-ring (bicyclic) bond motifs is 1. The maximum Gasteiger partial charge on any atom is 0.409 e. The van der Waals surface area contributed by atoms with E-state index in [1.807, 2.05) is 0 Å². The summed E-state index contributed by atoms with van der Waals surface area (Å²) in [4.78, 5) is 12.5. The Labute approximate surface area is 111 Å². The van der Waals surface area contributed by atoms with Crippen molar-refractivity contribution in [2.75, 3.05) is 19.6 Å². The number of carbonyl (C=O) groups excluding carboxylic acids is 1. The molecule has 0 aromatic carbocycles. The zero-order valence-electron chi connectivity index (χ0n) is 10.6. The van der Waals surface area contributed by atoms with Crippen molar-refractivity contribution in [1.82, 2.24) is 10.2 Å². The Morgan fingerprint density at radius 3 is 2.15 bits per heavy atom. The van der Waals surface area contributed by atoms with Gasteiger partial charge in [-0.05, 0) is 18.8 Å². The maximum absolute atomic E-state index is 12.6. The summed E-state index contributed by atoms with van der Waals surface area (Å²) < 4.78 is 75.3. The highest BCUT2D eigenvalue weighted by molar-refractivity contribution is 5.81.